The highest BCUT2D eigenvalue weighted by molar-refractivity contribution is 5.35. The zero-order valence-electron chi connectivity index (χ0n) is 12.2. The molecule has 0 aliphatic carbocycles. The highest BCUT2D eigenvalue weighted by Gasteiger charge is 2.37. The van der Waals surface area contributed by atoms with Gasteiger partial charge in [-0.05, 0) is 70.4 Å². The molecule has 1 aliphatic heterocycles. The van der Waals surface area contributed by atoms with Gasteiger partial charge >= 0.3 is 0 Å². The average molecular weight is 246 g/mol. The molecule has 1 aliphatic rings. The number of nitrogens with zero attached hydrogens (tertiary/aromatic N) is 1. The van der Waals surface area contributed by atoms with Gasteiger partial charge in [-0.1, -0.05) is 18.2 Å². The van der Waals surface area contributed by atoms with Crippen molar-refractivity contribution in [3.8, 4) is 0 Å². The van der Waals surface area contributed by atoms with Crippen LogP contribution >= 0.6 is 0 Å². The highest BCUT2D eigenvalue weighted by atomic mass is 15.2. The summed E-state index contributed by atoms with van der Waals surface area (Å²) in [7, 11) is 4.33. The Morgan fingerprint density at radius 1 is 1.22 bits per heavy atom. The Kier molecular flexibility index (Phi) is 4.08. The van der Waals surface area contributed by atoms with Gasteiger partial charge in [0.05, 0.1) is 5.54 Å². The van der Waals surface area contributed by atoms with Gasteiger partial charge in [0.2, 0.25) is 0 Å². The van der Waals surface area contributed by atoms with E-state index in [2.05, 4.69) is 56.4 Å². The Morgan fingerprint density at radius 3 is 2.61 bits per heavy atom. The lowest BCUT2D eigenvalue weighted by molar-refractivity contribution is 0.0716. The number of aryl methyl sites for hydroxylation is 2. The Labute approximate surface area is 111 Å². The minimum atomic E-state index is 0.186. The van der Waals surface area contributed by atoms with Gasteiger partial charge in [-0.25, -0.2) is 0 Å². The van der Waals surface area contributed by atoms with Crippen LogP contribution in [0.25, 0.3) is 0 Å². The SMILES string of the molecule is CNCC1(c2ccc(C)c(C)c2)CCCCN1C. The molecule has 2 heteroatoms. The molecule has 0 aromatic heterocycles. The van der Waals surface area contributed by atoms with Crippen molar-refractivity contribution < 1.29 is 0 Å². The Morgan fingerprint density at radius 2 is 2.00 bits per heavy atom. The van der Waals surface area contributed by atoms with Crippen LogP contribution in [0.4, 0.5) is 0 Å². The molecule has 1 atom stereocenters. The molecule has 1 heterocycles. The third-order valence-electron chi connectivity index (χ3n) is 4.58. The van der Waals surface area contributed by atoms with E-state index in [1.54, 1.807) is 0 Å². The molecule has 100 valence electrons. The molecule has 1 aromatic rings. The van der Waals surface area contributed by atoms with Crippen LogP contribution in [0.5, 0.6) is 0 Å². The predicted octanol–water partition coefficient (Wildman–Crippen LogP) is 2.83. The first kappa shape index (κ1) is 13.6. The summed E-state index contributed by atoms with van der Waals surface area (Å²) < 4.78 is 0. The second-order valence-electron chi connectivity index (χ2n) is 5.74. The zero-order chi connectivity index (χ0) is 13.2. The highest BCUT2D eigenvalue weighted by Crippen LogP contribution is 2.36. The first-order chi connectivity index (χ1) is 8.60. The molecule has 1 unspecified atom stereocenters. The summed E-state index contributed by atoms with van der Waals surface area (Å²) in [5, 5.41) is 3.40. The number of likely N-dealkylation sites (tertiary alicyclic amines) is 1. The quantitative estimate of drug-likeness (QED) is 0.882. The van der Waals surface area contributed by atoms with Crippen LogP contribution in [0.2, 0.25) is 0 Å². The molecule has 2 nitrogen and oxygen atoms in total. The summed E-state index contributed by atoms with van der Waals surface area (Å²) in [5.74, 6) is 0. The normalized spacial score (nSPS) is 25.3. The van der Waals surface area contributed by atoms with E-state index in [4.69, 9.17) is 0 Å². The van der Waals surface area contributed by atoms with Crippen LogP contribution in [0, 0.1) is 13.8 Å². The van der Waals surface area contributed by atoms with Gasteiger partial charge < -0.3 is 5.32 Å². The largest absolute Gasteiger partial charge is 0.318 e. The summed E-state index contributed by atoms with van der Waals surface area (Å²) in [6.45, 7) is 6.64. The molecule has 18 heavy (non-hydrogen) atoms. The molecule has 0 amide bonds. The molecule has 1 aromatic carbocycles. The molecular formula is C16H26N2. The van der Waals surface area contributed by atoms with Gasteiger partial charge in [0.25, 0.3) is 0 Å². The van der Waals surface area contributed by atoms with E-state index in [0.29, 0.717) is 0 Å². The van der Waals surface area contributed by atoms with Gasteiger partial charge in [-0.15, -0.1) is 0 Å². The fourth-order valence-corrected chi connectivity index (χ4v) is 3.18. The predicted molar refractivity (Wildman–Crippen MR) is 78.0 cm³/mol. The molecule has 1 fully saturated rings. The second-order valence-corrected chi connectivity index (χ2v) is 5.74. The Bertz CT molecular complexity index is 410. The number of piperidine rings is 1. The zero-order valence-corrected chi connectivity index (χ0v) is 12.2. The molecule has 1 N–H and O–H groups in total. The van der Waals surface area contributed by atoms with E-state index in [0.717, 1.165) is 6.54 Å². The standard InChI is InChI=1S/C16H26N2/c1-13-7-8-15(11-14(13)2)16(12-17-3)9-5-6-10-18(16)4/h7-8,11,17H,5-6,9-10,12H2,1-4H3. The topological polar surface area (TPSA) is 15.3 Å². The summed E-state index contributed by atoms with van der Waals surface area (Å²) in [4.78, 5) is 2.54. The van der Waals surface area contributed by atoms with Crippen LogP contribution in [0.3, 0.4) is 0 Å². The summed E-state index contributed by atoms with van der Waals surface area (Å²) >= 11 is 0. The molecule has 2 rings (SSSR count). The number of hydrogen-bond acceptors (Lipinski definition) is 2. The van der Waals surface area contributed by atoms with Crippen molar-refractivity contribution in [2.45, 2.75) is 38.6 Å². The van der Waals surface area contributed by atoms with Gasteiger partial charge in [-0.3, -0.25) is 4.90 Å². The van der Waals surface area contributed by atoms with E-state index in [1.807, 2.05) is 0 Å². The first-order valence-corrected chi connectivity index (χ1v) is 7.04. The number of likely N-dealkylation sites (N-methyl/N-ethyl adjacent to an activating group) is 2. The molecular weight excluding hydrogens is 220 g/mol. The number of nitrogens with one attached hydrogen (secondary N) is 1. The lowest BCUT2D eigenvalue weighted by Crippen LogP contribution is -2.52. The number of hydrogen-bond donors (Lipinski definition) is 1. The minimum absolute atomic E-state index is 0.186. The number of benzene rings is 1. The third-order valence-corrected chi connectivity index (χ3v) is 4.58. The molecule has 0 radical (unpaired) electrons. The second kappa shape index (κ2) is 5.41. The van der Waals surface area contributed by atoms with E-state index in [9.17, 15) is 0 Å². The van der Waals surface area contributed by atoms with Crippen LogP contribution < -0.4 is 5.32 Å². The van der Waals surface area contributed by atoms with Gasteiger partial charge in [0.1, 0.15) is 0 Å². The van der Waals surface area contributed by atoms with Crippen LogP contribution in [0.1, 0.15) is 36.0 Å². The van der Waals surface area contributed by atoms with Crippen molar-refractivity contribution in [1.82, 2.24) is 10.2 Å². The van der Waals surface area contributed by atoms with Crippen LogP contribution in [0.15, 0.2) is 18.2 Å². The number of rotatable bonds is 3. The molecule has 0 spiro atoms. The van der Waals surface area contributed by atoms with Crippen molar-refractivity contribution in [2.75, 3.05) is 27.2 Å². The van der Waals surface area contributed by atoms with Crippen molar-refractivity contribution in [1.29, 1.82) is 0 Å². The summed E-state index contributed by atoms with van der Waals surface area (Å²) in [5.41, 5.74) is 4.45. The van der Waals surface area contributed by atoms with Crippen molar-refractivity contribution in [3.05, 3.63) is 34.9 Å². The fourth-order valence-electron chi connectivity index (χ4n) is 3.18. The van der Waals surface area contributed by atoms with Crippen LogP contribution in [-0.4, -0.2) is 32.1 Å². The molecule has 0 saturated carbocycles. The third kappa shape index (κ3) is 2.32. The van der Waals surface area contributed by atoms with Crippen molar-refractivity contribution in [3.63, 3.8) is 0 Å². The van der Waals surface area contributed by atoms with E-state index >= 15 is 0 Å². The summed E-state index contributed by atoms with van der Waals surface area (Å²) in [6, 6.07) is 6.97. The van der Waals surface area contributed by atoms with Crippen molar-refractivity contribution in [2.24, 2.45) is 0 Å². The Hall–Kier alpha value is -0.860. The maximum Gasteiger partial charge on any atom is 0.0583 e. The van der Waals surface area contributed by atoms with Gasteiger partial charge in [0, 0.05) is 6.54 Å². The minimum Gasteiger partial charge on any atom is -0.318 e. The van der Waals surface area contributed by atoms with Crippen molar-refractivity contribution >= 4 is 0 Å². The average Bonchev–Trinajstić information content (AvgIpc) is 2.36. The fraction of sp³-hybridized carbons (Fsp3) is 0.625. The van der Waals surface area contributed by atoms with E-state index in [1.165, 1.54) is 42.5 Å². The van der Waals surface area contributed by atoms with E-state index in [-0.39, 0.29) is 5.54 Å². The van der Waals surface area contributed by atoms with Gasteiger partial charge in [0.15, 0.2) is 0 Å². The monoisotopic (exact) mass is 246 g/mol. The van der Waals surface area contributed by atoms with E-state index < -0.39 is 0 Å². The lowest BCUT2D eigenvalue weighted by atomic mass is 9.79. The first-order valence-electron chi connectivity index (χ1n) is 7.04. The van der Waals surface area contributed by atoms with Gasteiger partial charge in [-0.2, -0.15) is 0 Å². The maximum absolute atomic E-state index is 3.40. The van der Waals surface area contributed by atoms with Crippen LogP contribution in [-0.2, 0) is 5.54 Å². The maximum atomic E-state index is 3.40. The Balaban J connectivity index is 2.42. The molecule has 1 saturated heterocycles. The lowest BCUT2D eigenvalue weighted by Gasteiger charge is -2.46. The molecule has 0 bridgehead atoms. The smallest absolute Gasteiger partial charge is 0.0583 e. The summed E-state index contributed by atoms with van der Waals surface area (Å²) in [6.07, 6.45) is 3.92.